The maximum Gasteiger partial charge on any atom is 0.255 e. The van der Waals surface area contributed by atoms with E-state index in [1.807, 2.05) is 11.1 Å². The lowest BCUT2D eigenvalue weighted by molar-refractivity contribution is 0.0724. The molecule has 0 aliphatic carbocycles. The summed E-state index contributed by atoms with van der Waals surface area (Å²) in [5, 5.41) is 0.560. The summed E-state index contributed by atoms with van der Waals surface area (Å²) in [5.41, 5.74) is 0.590. The number of anilines is 1. The SMILES string of the molecule is CCc1nccn1C1CCCN(c2ncc(C(=O)N3CCCCC3)cc2Cl)C1. The van der Waals surface area contributed by atoms with Crippen molar-refractivity contribution in [3.8, 4) is 0 Å². The largest absolute Gasteiger partial charge is 0.353 e. The van der Waals surface area contributed by atoms with E-state index in [1.54, 1.807) is 12.3 Å². The lowest BCUT2D eigenvalue weighted by atomic mass is 10.0. The van der Waals surface area contributed by atoms with Gasteiger partial charge in [0.15, 0.2) is 0 Å². The zero-order valence-corrected chi connectivity index (χ0v) is 17.2. The van der Waals surface area contributed by atoms with Gasteiger partial charge in [0.05, 0.1) is 16.6 Å². The summed E-state index contributed by atoms with van der Waals surface area (Å²) in [6.45, 7) is 5.58. The lowest BCUT2D eigenvalue weighted by Crippen LogP contribution is -2.38. The summed E-state index contributed by atoms with van der Waals surface area (Å²) in [4.78, 5) is 25.9. The van der Waals surface area contributed by atoms with Gasteiger partial charge in [-0.05, 0) is 38.2 Å². The van der Waals surface area contributed by atoms with Gasteiger partial charge >= 0.3 is 0 Å². The van der Waals surface area contributed by atoms with Crippen molar-refractivity contribution in [1.82, 2.24) is 19.4 Å². The number of nitrogens with zero attached hydrogens (tertiary/aromatic N) is 5. The molecule has 1 atom stereocenters. The molecule has 150 valence electrons. The Morgan fingerprint density at radius 2 is 2.00 bits per heavy atom. The quantitative estimate of drug-likeness (QED) is 0.778. The predicted octanol–water partition coefficient (Wildman–Crippen LogP) is 3.96. The predicted molar refractivity (Wildman–Crippen MR) is 111 cm³/mol. The van der Waals surface area contributed by atoms with Crippen LogP contribution in [-0.2, 0) is 6.42 Å². The fraction of sp³-hybridized carbons (Fsp3) is 0.571. The Kier molecular flexibility index (Phi) is 5.85. The molecule has 28 heavy (non-hydrogen) atoms. The Bertz CT molecular complexity index is 830. The molecule has 1 amide bonds. The first-order chi connectivity index (χ1) is 13.7. The van der Waals surface area contributed by atoms with Gasteiger partial charge in [-0.2, -0.15) is 0 Å². The van der Waals surface area contributed by atoms with E-state index in [0.717, 1.165) is 69.9 Å². The molecule has 0 N–H and O–H groups in total. The van der Waals surface area contributed by atoms with Crippen LogP contribution in [0.3, 0.4) is 0 Å². The number of imidazole rings is 1. The van der Waals surface area contributed by atoms with Crippen molar-refractivity contribution >= 4 is 23.3 Å². The second-order valence-electron chi connectivity index (χ2n) is 7.73. The van der Waals surface area contributed by atoms with Gasteiger partial charge in [-0.15, -0.1) is 0 Å². The highest BCUT2D eigenvalue weighted by molar-refractivity contribution is 6.33. The van der Waals surface area contributed by atoms with E-state index in [0.29, 0.717) is 16.6 Å². The topological polar surface area (TPSA) is 54.3 Å². The van der Waals surface area contributed by atoms with E-state index >= 15 is 0 Å². The van der Waals surface area contributed by atoms with Gasteiger partial charge in [0.2, 0.25) is 0 Å². The Balaban J connectivity index is 1.50. The third-order valence-corrected chi connectivity index (χ3v) is 6.14. The molecular formula is C21H28ClN5O. The highest BCUT2D eigenvalue weighted by atomic mass is 35.5. The first-order valence-corrected chi connectivity index (χ1v) is 10.8. The minimum Gasteiger partial charge on any atom is -0.353 e. The van der Waals surface area contributed by atoms with E-state index < -0.39 is 0 Å². The van der Waals surface area contributed by atoms with Crippen LogP contribution in [0.25, 0.3) is 0 Å². The summed E-state index contributed by atoms with van der Waals surface area (Å²) >= 11 is 6.58. The molecule has 2 saturated heterocycles. The summed E-state index contributed by atoms with van der Waals surface area (Å²) in [6, 6.07) is 2.16. The van der Waals surface area contributed by atoms with Gasteiger partial charge in [0.25, 0.3) is 5.91 Å². The van der Waals surface area contributed by atoms with Crippen LogP contribution in [0.2, 0.25) is 5.02 Å². The van der Waals surface area contributed by atoms with Crippen LogP contribution in [0.1, 0.15) is 61.3 Å². The molecule has 2 aromatic heterocycles. The Morgan fingerprint density at radius 1 is 1.18 bits per heavy atom. The first kappa shape index (κ1) is 19.2. The number of hydrogen-bond acceptors (Lipinski definition) is 4. The van der Waals surface area contributed by atoms with Crippen LogP contribution in [0.5, 0.6) is 0 Å². The fourth-order valence-electron chi connectivity index (χ4n) is 4.38. The van der Waals surface area contributed by atoms with Crippen LogP contribution < -0.4 is 4.90 Å². The number of aromatic nitrogens is 3. The number of rotatable bonds is 4. The smallest absolute Gasteiger partial charge is 0.255 e. The molecule has 2 fully saturated rings. The van der Waals surface area contributed by atoms with Crippen molar-refractivity contribution in [3.63, 3.8) is 0 Å². The van der Waals surface area contributed by atoms with Crippen molar-refractivity contribution in [3.05, 3.63) is 41.1 Å². The molecule has 6 nitrogen and oxygen atoms in total. The van der Waals surface area contributed by atoms with E-state index in [4.69, 9.17) is 11.6 Å². The number of carbonyl (C=O) groups excluding carboxylic acids is 1. The molecule has 4 rings (SSSR count). The number of aryl methyl sites for hydroxylation is 1. The highest BCUT2D eigenvalue weighted by Crippen LogP contribution is 2.31. The Hall–Kier alpha value is -2.08. The number of hydrogen-bond donors (Lipinski definition) is 0. The number of carbonyl (C=O) groups is 1. The number of pyridine rings is 1. The molecule has 0 spiro atoms. The molecule has 0 saturated carbocycles. The second kappa shape index (κ2) is 8.52. The summed E-state index contributed by atoms with van der Waals surface area (Å²) in [7, 11) is 0. The average Bonchev–Trinajstić information content (AvgIpc) is 3.23. The standard InChI is InChI=1S/C21H28ClN5O/c1-2-19-23-8-12-27(19)17-7-6-11-26(15-17)20-18(22)13-16(14-24-20)21(28)25-9-4-3-5-10-25/h8,12-14,17H,2-7,9-11,15H2,1H3. The minimum absolute atomic E-state index is 0.0446. The van der Waals surface area contributed by atoms with Crippen LogP contribution in [0, 0.1) is 0 Å². The molecule has 4 heterocycles. The maximum absolute atomic E-state index is 12.7. The maximum atomic E-state index is 12.7. The molecule has 2 aliphatic heterocycles. The van der Waals surface area contributed by atoms with Gasteiger partial charge in [-0.3, -0.25) is 4.79 Å². The average molecular weight is 402 g/mol. The molecule has 0 radical (unpaired) electrons. The van der Waals surface area contributed by atoms with Gasteiger partial charge in [-0.25, -0.2) is 9.97 Å². The summed E-state index contributed by atoms with van der Waals surface area (Å²) in [6.07, 6.45) is 12.1. The Labute approximate surface area is 171 Å². The fourth-order valence-corrected chi connectivity index (χ4v) is 4.67. The monoisotopic (exact) mass is 401 g/mol. The van der Waals surface area contributed by atoms with Gasteiger partial charge in [-0.1, -0.05) is 18.5 Å². The van der Waals surface area contributed by atoms with Crippen molar-refractivity contribution in [1.29, 1.82) is 0 Å². The zero-order valence-electron chi connectivity index (χ0n) is 16.5. The van der Waals surface area contributed by atoms with Gasteiger partial charge < -0.3 is 14.4 Å². The zero-order chi connectivity index (χ0) is 19.5. The molecule has 0 aromatic carbocycles. The van der Waals surface area contributed by atoms with Gasteiger partial charge in [0, 0.05) is 51.2 Å². The number of halogens is 1. The normalized spacial score (nSPS) is 20.4. The van der Waals surface area contributed by atoms with E-state index in [1.165, 1.54) is 6.42 Å². The van der Waals surface area contributed by atoms with Crippen LogP contribution in [0.15, 0.2) is 24.7 Å². The molecule has 1 unspecified atom stereocenters. The number of piperidine rings is 2. The summed E-state index contributed by atoms with van der Waals surface area (Å²) < 4.78 is 2.29. The number of likely N-dealkylation sites (tertiary alicyclic amines) is 1. The highest BCUT2D eigenvalue weighted by Gasteiger charge is 2.26. The molecule has 0 bridgehead atoms. The first-order valence-electron chi connectivity index (χ1n) is 10.4. The van der Waals surface area contributed by atoms with Gasteiger partial charge in [0.1, 0.15) is 11.6 Å². The van der Waals surface area contributed by atoms with E-state index in [9.17, 15) is 4.79 Å². The molecular weight excluding hydrogens is 374 g/mol. The van der Waals surface area contributed by atoms with Crippen LogP contribution in [0.4, 0.5) is 5.82 Å². The van der Waals surface area contributed by atoms with E-state index in [-0.39, 0.29) is 5.91 Å². The van der Waals surface area contributed by atoms with E-state index in [2.05, 4.69) is 32.6 Å². The molecule has 2 aliphatic rings. The van der Waals surface area contributed by atoms with Crippen molar-refractivity contribution in [2.45, 2.75) is 51.5 Å². The molecule has 7 heteroatoms. The Morgan fingerprint density at radius 3 is 2.75 bits per heavy atom. The van der Waals surface area contributed by atoms with Crippen molar-refractivity contribution in [2.24, 2.45) is 0 Å². The third kappa shape index (κ3) is 3.88. The van der Waals surface area contributed by atoms with Crippen molar-refractivity contribution in [2.75, 3.05) is 31.1 Å². The number of amides is 1. The van der Waals surface area contributed by atoms with Crippen LogP contribution in [-0.4, -0.2) is 51.5 Å². The minimum atomic E-state index is 0.0446. The lowest BCUT2D eigenvalue weighted by Gasteiger charge is -2.35. The molecule has 2 aromatic rings. The van der Waals surface area contributed by atoms with Crippen LogP contribution >= 0.6 is 11.6 Å². The second-order valence-corrected chi connectivity index (χ2v) is 8.14. The van der Waals surface area contributed by atoms with Crippen molar-refractivity contribution < 1.29 is 4.79 Å². The third-order valence-electron chi connectivity index (χ3n) is 5.87. The summed E-state index contributed by atoms with van der Waals surface area (Å²) in [5.74, 6) is 1.94.